The summed E-state index contributed by atoms with van der Waals surface area (Å²) in [5.41, 5.74) is 3.12. The third-order valence-electron chi connectivity index (χ3n) is 3.91. The summed E-state index contributed by atoms with van der Waals surface area (Å²) in [5.74, 6) is 0.661. The maximum Gasteiger partial charge on any atom is 0.0361 e. The van der Waals surface area contributed by atoms with Crippen LogP contribution in [0.4, 0.5) is 5.69 Å². The number of hydrogen-bond donors (Lipinski definition) is 1. The zero-order valence-corrected chi connectivity index (χ0v) is 10.9. The Balaban J connectivity index is 2.18. The number of anilines is 1. The van der Waals surface area contributed by atoms with Gasteiger partial charge in [-0.2, -0.15) is 0 Å². The van der Waals surface area contributed by atoms with Crippen LogP contribution in [0.15, 0.2) is 24.3 Å². The smallest absolute Gasteiger partial charge is 0.0361 e. The molecule has 1 aliphatic rings. The SMILES string of the molecule is CNC1C(c2ccc(N(C)C)cc2)C1(C)C. The topological polar surface area (TPSA) is 15.3 Å². The van der Waals surface area contributed by atoms with E-state index in [0.717, 1.165) is 0 Å². The fraction of sp³-hybridized carbons (Fsp3) is 0.571. The number of rotatable bonds is 3. The van der Waals surface area contributed by atoms with E-state index in [9.17, 15) is 0 Å². The van der Waals surface area contributed by atoms with Gasteiger partial charge in [-0.05, 0) is 30.2 Å². The van der Waals surface area contributed by atoms with Crippen LogP contribution in [-0.2, 0) is 0 Å². The highest BCUT2D eigenvalue weighted by Gasteiger charge is 2.57. The summed E-state index contributed by atoms with van der Waals surface area (Å²) < 4.78 is 0. The molecule has 0 aliphatic heterocycles. The summed E-state index contributed by atoms with van der Waals surface area (Å²) in [6.07, 6.45) is 0. The van der Waals surface area contributed by atoms with E-state index in [-0.39, 0.29) is 0 Å². The van der Waals surface area contributed by atoms with Gasteiger partial charge in [0, 0.05) is 31.7 Å². The lowest BCUT2D eigenvalue weighted by Gasteiger charge is -2.13. The number of hydrogen-bond acceptors (Lipinski definition) is 2. The lowest BCUT2D eigenvalue weighted by molar-refractivity contribution is 0.567. The number of nitrogens with one attached hydrogen (secondary N) is 1. The largest absolute Gasteiger partial charge is 0.378 e. The normalized spacial score (nSPS) is 26.6. The molecule has 1 aromatic carbocycles. The molecule has 0 radical (unpaired) electrons. The Labute approximate surface area is 98.7 Å². The van der Waals surface area contributed by atoms with Crippen LogP contribution < -0.4 is 10.2 Å². The molecule has 1 aromatic rings. The molecule has 2 heteroatoms. The summed E-state index contributed by atoms with van der Waals surface area (Å²) >= 11 is 0. The van der Waals surface area contributed by atoms with Crippen molar-refractivity contribution < 1.29 is 0 Å². The fourth-order valence-corrected chi connectivity index (χ4v) is 2.78. The van der Waals surface area contributed by atoms with Crippen LogP contribution in [0.5, 0.6) is 0 Å². The van der Waals surface area contributed by atoms with E-state index >= 15 is 0 Å². The first-order valence-corrected chi connectivity index (χ1v) is 5.93. The van der Waals surface area contributed by atoms with Gasteiger partial charge in [0.1, 0.15) is 0 Å². The molecule has 16 heavy (non-hydrogen) atoms. The van der Waals surface area contributed by atoms with Crippen molar-refractivity contribution in [2.75, 3.05) is 26.0 Å². The second-order valence-electron chi connectivity index (χ2n) is 5.55. The molecular weight excluding hydrogens is 196 g/mol. The van der Waals surface area contributed by atoms with Crippen molar-refractivity contribution >= 4 is 5.69 Å². The third-order valence-corrected chi connectivity index (χ3v) is 3.91. The van der Waals surface area contributed by atoms with Gasteiger partial charge in [0.25, 0.3) is 0 Å². The van der Waals surface area contributed by atoms with Crippen molar-refractivity contribution in [2.24, 2.45) is 5.41 Å². The second-order valence-corrected chi connectivity index (χ2v) is 5.55. The Kier molecular flexibility index (Phi) is 2.70. The molecule has 0 spiro atoms. The van der Waals surface area contributed by atoms with Gasteiger partial charge in [0.2, 0.25) is 0 Å². The molecule has 2 rings (SSSR count). The van der Waals surface area contributed by atoms with Gasteiger partial charge < -0.3 is 10.2 Å². The highest BCUT2D eigenvalue weighted by molar-refractivity contribution is 5.48. The average Bonchev–Trinajstić information content (AvgIpc) is 2.80. The molecule has 0 amide bonds. The average molecular weight is 218 g/mol. The monoisotopic (exact) mass is 218 g/mol. The highest BCUT2D eigenvalue weighted by Crippen LogP contribution is 2.58. The van der Waals surface area contributed by atoms with Crippen molar-refractivity contribution in [3.8, 4) is 0 Å². The molecule has 0 heterocycles. The van der Waals surface area contributed by atoms with Crippen LogP contribution in [0.2, 0.25) is 0 Å². The summed E-state index contributed by atoms with van der Waals surface area (Å²) in [5, 5.41) is 3.40. The zero-order valence-electron chi connectivity index (χ0n) is 10.9. The van der Waals surface area contributed by atoms with Gasteiger partial charge in [-0.25, -0.2) is 0 Å². The Morgan fingerprint density at radius 3 is 2.06 bits per heavy atom. The minimum Gasteiger partial charge on any atom is -0.378 e. The van der Waals surface area contributed by atoms with E-state index < -0.39 is 0 Å². The van der Waals surface area contributed by atoms with E-state index in [1.54, 1.807) is 0 Å². The van der Waals surface area contributed by atoms with E-state index in [1.807, 2.05) is 0 Å². The Bertz CT molecular complexity index is 365. The van der Waals surface area contributed by atoms with Crippen LogP contribution in [-0.4, -0.2) is 27.2 Å². The lowest BCUT2D eigenvalue weighted by Crippen LogP contribution is -2.14. The van der Waals surface area contributed by atoms with E-state index in [1.165, 1.54) is 11.3 Å². The van der Waals surface area contributed by atoms with Crippen LogP contribution in [0.25, 0.3) is 0 Å². The first kappa shape index (κ1) is 11.5. The molecule has 1 aliphatic carbocycles. The van der Waals surface area contributed by atoms with Crippen LogP contribution in [0, 0.1) is 5.41 Å². The van der Waals surface area contributed by atoms with Crippen molar-refractivity contribution in [3.63, 3.8) is 0 Å². The van der Waals surface area contributed by atoms with Gasteiger partial charge >= 0.3 is 0 Å². The molecule has 2 atom stereocenters. The van der Waals surface area contributed by atoms with Crippen LogP contribution >= 0.6 is 0 Å². The van der Waals surface area contributed by atoms with Gasteiger partial charge in [-0.1, -0.05) is 26.0 Å². The lowest BCUT2D eigenvalue weighted by atomic mass is 10.0. The minimum atomic E-state index is 0.397. The second kappa shape index (κ2) is 3.77. The van der Waals surface area contributed by atoms with Crippen molar-refractivity contribution in [1.29, 1.82) is 0 Å². The quantitative estimate of drug-likeness (QED) is 0.838. The Hall–Kier alpha value is -1.02. The molecule has 1 saturated carbocycles. The van der Waals surface area contributed by atoms with Gasteiger partial charge in [-0.3, -0.25) is 0 Å². The Morgan fingerprint density at radius 1 is 1.12 bits per heavy atom. The standard InChI is InChI=1S/C14H22N2/c1-14(2)12(13(14)15-3)10-6-8-11(9-7-10)16(4)5/h6-9,12-13,15H,1-5H3. The first-order valence-electron chi connectivity index (χ1n) is 5.93. The van der Waals surface area contributed by atoms with Crippen LogP contribution in [0.3, 0.4) is 0 Å². The van der Waals surface area contributed by atoms with Crippen molar-refractivity contribution in [1.82, 2.24) is 5.32 Å². The number of benzene rings is 1. The zero-order chi connectivity index (χ0) is 11.9. The summed E-state index contributed by atoms with van der Waals surface area (Å²) in [7, 11) is 6.21. The maximum atomic E-state index is 3.40. The molecule has 1 N–H and O–H groups in total. The van der Waals surface area contributed by atoms with E-state index in [2.05, 4.69) is 69.5 Å². The summed E-state index contributed by atoms with van der Waals surface area (Å²) in [4.78, 5) is 2.14. The maximum absolute atomic E-state index is 3.40. The minimum absolute atomic E-state index is 0.397. The molecule has 2 unspecified atom stereocenters. The predicted octanol–water partition coefficient (Wildman–Crippen LogP) is 2.46. The highest BCUT2D eigenvalue weighted by atomic mass is 15.1. The molecule has 0 bridgehead atoms. The van der Waals surface area contributed by atoms with E-state index in [0.29, 0.717) is 17.4 Å². The summed E-state index contributed by atoms with van der Waals surface area (Å²) in [6, 6.07) is 9.56. The van der Waals surface area contributed by atoms with Crippen molar-refractivity contribution in [3.05, 3.63) is 29.8 Å². The molecular formula is C14H22N2. The number of likely N-dealkylation sites (N-methyl/N-ethyl adjacent to an activating group) is 1. The van der Waals surface area contributed by atoms with Gasteiger partial charge in [0.05, 0.1) is 0 Å². The molecule has 2 nitrogen and oxygen atoms in total. The number of nitrogens with zero attached hydrogens (tertiary/aromatic N) is 1. The Morgan fingerprint density at radius 2 is 1.69 bits per heavy atom. The molecule has 1 fully saturated rings. The van der Waals surface area contributed by atoms with Gasteiger partial charge in [-0.15, -0.1) is 0 Å². The van der Waals surface area contributed by atoms with E-state index in [4.69, 9.17) is 0 Å². The molecule has 0 aromatic heterocycles. The first-order chi connectivity index (χ1) is 7.48. The van der Waals surface area contributed by atoms with Crippen molar-refractivity contribution in [2.45, 2.75) is 25.8 Å². The third kappa shape index (κ3) is 1.71. The molecule has 0 saturated heterocycles. The van der Waals surface area contributed by atoms with Gasteiger partial charge in [0.15, 0.2) is 0 Å². The predicted molar refractivity (Wildman–Crippen MR) is 70.1 cm³/mol. The molecule has 88 valence electrons. The van der Waals surface area contributed by atoms with Crippen LogP contribution in [0.1, 0.15) is 25.3 Å². The fourth-order valence-electron chi connectivity index (χ4n) is 2.78. The summed E-state index contributed by atoms with van der Waals surface area (Å²) in [6.45, 7) is 4.66.